The van der Waals surface area contributed by atoms with Gasteiger partial charge in [0.15, 0.2) is 6.61 Å². The van der Waals surface area contributed by atoms with Gasteiger partial charge in [0.05, 0.1) is 5.56 Å². The fourth-order valence-corrected chi connectivity index (χ4v) is 2.23. The first-order valence-corrected chi connectivity index (χ1v) is 6.92. The topological polar surface area (TPSA) is 72.6 Å². The van der Waals surface area contributed by atoms with Crippen molar-refractivity contribution in [3.63, 3.8) is 0 Å². The third-order valence-electron chi connectivity index (χ3n) is 3.21. The number of carbonyl (C=O) groups is 2. The van der Waals surface area contributed by atoms with Crippen LogP contribution in [-0.4, -0.2) is 35.9 Å². The predicted octanol–water partition coefficient (Wildman–Crippen LogP) is 1.83. The lowest BCUT2D eigenvalue weighted by Gasteiger charge is -2.20. The molecule has 2 amide bonds. The van der Waals surface area contributed by atoms with Crippen molar-refractivity contribution in [3.05, 3.63) is 28.8 Å². The highest BCUT2D eigenvalue weighted by Crippen LogP contribution is 2.27. The summed E-state index contributed by atoms with van der Waals surface area (Å²) >= 11 is 5.86. The van der Waals surface area contributed by atoms with Crippen LogP contribution in [0, 0.1) is 0 Å². The fraction of sp³-hybridized carbons (Fsp3) is 0.429. The summed E-state index contributed by atoms with van der Waals surface area (Å²) in [7, 11) is 0. The van der Waals surface area contributed by atoms with E-state index in [1.54, 1.807) is 11.0 Å². The zero-order valence-electron chi connectivity index (χ0n) is 11.3. The molecule has 108 valence electrons. The predicted molar refractivity (Wildman–Crippen MR) is 75.9 cm³/mol. The molecule has 1 saturated carbocycles. The molecular weight excluding hydrogens is 280 g/mol. The molecule has 0 atom stereocenters. The van der Waals surface area contributed by atoms with Crippen molar-refractivity contribution < 1.29 is 14.3 Å². The Hall–Kier alpha value is -1.75. The Bertz CT molecular complexity index is 529. The summed E-state index contributed by atoms with van der Waals surface area (Å²) in [6.07, 6.45) is 2.09. The number of amides is 2. The second kappa shape index (κ2) is 6.13. The Kier molecular flexibility index (Phi) is 4.49. The molecule has 1 aliphatic carbocycles. The summed E-state index contributed by atoms with van der Waals surface area (Å²) in [5.41, 5.74) is 5.48. The monoisotopic (exact) mass is 296 g/mol. The molecule has 1 fully saturated rings. The molecule has 0 bridgehead atoms. The number of likely N-dealkylation sites (N-methyl/N-ethyl adjacent to an activating group) is 1. The normalized spacial score (nSPS) is 13.9. The van der Waals surface area contributed by atoms with E-state index in [1.807, 2.05) is 6.92 Å². The van der Waals surface area contributed by atoms with E-state index in [2.05, 4.69) is 0 Å². The molecule has 1 aliphatic rings. The Labute approximate surface area is 122 Å². The van der Waals surface area contributed by atoms with Crippen LogP contribution in [0.1, 0.15) is 30.1 Å². The number of hydrogen-bond acceptors (Lipinski definition) is 3. The number of halogens is 1. The van der Waals surface area contributed by atoms with Crippen LogP contribution in [0.2, 0.25) is 5.02 Å². The highest BCUT2D eigenvalue weighted by molar-refractivity contribution is 6.30. The highest BCUT2D eigenvalue weighted by Gasteiger charge is 2.31. The lowest BCUT2D eigenvalue weighted by molar-refractivity contribution is -0.133. The van der Waals surface area contributed by atoms with E-state index in [1.165, 1.54) is 12.1 Å². The van der Waals surface area contributed by atoms with Gasteiger partial charge in [-0.3, -0.25) is 9.59 Å². The first-order chi connectivity index (χ1) is 9.52. The molecule has 0 unspecified atom stereocenters. The van der Waals surface area contributed by atoms with Crippen LogP contribution in [0.3, 0.4) is 0 Å². The van der Waals surface area contributed by atoms with E-state index in [0.29, 0.717) is 17.6 Å². The number of benzene rings is 1. The quantitative estimate of drug-likeness (QED) is 0.870. The maximum atomic E-state index is 12.0. The average Bonchev–Trinajstić information content (AvgIpc) is 3.21. The number of carbonyl (C=O) groups excluding carboxylic acids is 2. The van der Waals surface area contributed by atoms with Crippen molar-refractivity contribution >= 4 is 23.4 Å². The van der Waals surface area contributed by atoms with E-state index in [4.69, 9.17) is 22.1 Å². The SMILES string of the molecule is CCN(C(=O)COc1cc(Cl)ccc1C(N)=O)C1CC1. The smallest absolute Gasteiger partial charge is 0.260 e. The highest BCUT2D eigenvalue weighted by atomic mass is 35.5. The molecule has 0 aromatic heterocycles. The van der Waals surface area contributed by atoms with Crippen LogP contribution in [0.15, 0.2) is 18.2 Å². The summed E-state index contributed by atoms with van der Waals surface area (Å²) in [6, 6.07) is 4.87. The number of ether oxygens (including phenoxy) is 1. The van der Waals surface area contributed by atoms with Gasteiger partial charge in [-0.05, 0) is 38.0 Å². The minimum atomic E-state index is -0.612. The van der Waals surface area contributed by atoms with Gasteiger partial charge in [-0.2, -0.15) is 0 Å². The minimum Gasteiger partial charge on any atom is -0.483 e. The zero-order chi connectivity index (χ0) is 14.7. The van der Waals surface area contributed by atoms with Crippen LogP contribution < -0.4 is 10.5 Å². The molecule has 0 spiro atoms. The number of hydrogen-bond donors (Lipinski definition) is 1. The molecule has 2 N–H and O–H groups in total. The van der Waals surface area contributed by atoms with E-state index in [0.717, 1.165) is 12.8 Å². The van der Waals surface area contributed by atoms with Crippen LogP contribution in [0.25, 0.3) is 0 Å². The lowest BCUT2D eigenvalue weighted by atomic mass is 10.2. The van der Waals surface area contributed by atoms with Gasteiger partial charge in [0.2, 0.25) is 0 Å². The van der Waals surface area contributed by atoms with Gasteiger partial charge >= 0.3 is 0 Å². The molecular formula is C14H17ClN2O3. The van der Waals surface area contributed by atoms with E-state index in [9.17, 15) is 9.59 Å². The van der Waals surface area contributed by atoms with Gasteiger partial charge < -0.3 is 15.4 Å². The van der Waals surface area contributed by atoms with Gasteiger partial charge in [0.25, 0.3) is 11.8 Å². The van der Waals surface area contributed by atoms with Crippen molar-refractivity contribution in [1.29, 1.82) is 0 Å². The standard InChI is InChI=1S/C14H17ClN2O3/c1-2-17(10-4-5-10)13(18)8-20-12-7-9(15)3-6-11(12)14(16)19/h3,6-7,10H,2,4-5,8H2,1H3,(H2,16,19). The summed E-state index contributed by atoms with van der Waals surface area (Å²) in [6.45, 7) is 2.47. The van der Waals surface area contributed by atoms with Gasteiger partial charge in [-0.15, -0.1) is 0 Å². The Morgan fingerprint density at radius 3 is 2.70 bits per heavy atom. The van der Waals surface area contributed by atoms with Crippen LogP contribution >= 0.6 is 11.6 Å². The largest absolute Gasteiger partial charge is 0.483 e. The molecule has 6 heteroatoms. The van der Waals surface area contributed by atoms with Gasteiger partial charge in [-0.25, -0.2) is 0 Å². The molecule has 5 nitrogen and oxygen atoms in total. The molecule has 0 heterocycles. The number of nitrogens with two attached hydrogens (primary N) is 1. The number of rotatable bonds is 6. The summed E-state index contributed by atoms with van der Waals surface area (Å²) < 4.78 is 5.43. The minimum absolute atomic E-state index is 0.0922. The maximum Gasteiger partial charge on any atom is 0.260 e. The van der Waals surface area contributed by atoms with E-state index >= 15 is 0 Å². The Morgan fingerprint density at radius 1 is 1.45 bits per heavy atom. The van der Waals surface area contributed by atoms with Crippen molar-refractivity contribution in [2.45, 2.75) is 25.8 Å². The molecule has 20 heavy (non-hydrogen) atoms. The maximum absolute atomic E-state index is 12.0. The molecule has 1 aromatic carbocycles. The second-order valence-electron chi connectivity index (χ2n) is 4.70. The van der Waals surface area contributed by atoms with Crippen LogP contribution in [-0.2, 0) is 4.79 Å². The fourth-order valence-electron chi connectivity index (χ4n) is 2.07. The first-order valence-electron chi connectivity index (χ1n) is 6.54. The summed E-state index contributed by atoms with van der Waals surface area (Å²) in [4.78, 5) is 25.1. The third-order valence-corrected chi connectivity index (χ3v) is 3.44. The first kappa shape index (κ1) is 14.7. The lowest BCUT2D eigenvalue weighted by Crippen LogP contribution is -2.36. The summed E-state index contributed by atoms with van der Waals surface area (Å²) in [5.74, 6) is -0.464. The van der Waals surface area contributed by atoms with E-state index in [-0.39, 0.29) is 23.8 Å². The van der Waals surface area contributed by atoms with Gasteiger partial charge in [-0.1, -0.05) is 11.6 Å². The van der Waals surface area contributed by atoms with Gasteiger partial charge in [0, 0.05) is 17.6 Å². The van der Waals surface area contributed by atoms with Crippen molar-refractivity contribution in [1.82, 2.24) is 4.90 Å². The third kappa shape index (κ3) is 3.42. The van der Waals surface area contributed by atoms with Crippen LogP contribution in [0.4, 0.5) is 0 Å². The summed E-state index contributed by atoms with van der Waals surface area (Å²) in [5, 5.41) is 0.423. The van der Waals surface area contributed by atoms with E-state index < -0.39 is 5.91 Å². The van der Waals surface area contributed by atoms with Crippen LogP contribution in [0.5, 0.6) is 5.75 Å². The van der Waals surface area contributed by atoms with Crippen molar-refractivity contribution in [2.75, 3.05) is 13.2 Å². The van der Waals surface area contributed by atoms with Gasteiger partial charge in [0.1, 0.15) is 5.75 Å². The van der Waals surface area contributed by atoms with Crippen molar-refractivity contribution in [2.24, 2.45) is 5.73 Å². The molecule has 0 aliphatic heterocycles. The molecule has 1 aromatic rings. The zero-order valence-corrected chi connectivity index (χ0v) is 12.0. The molecule has 0 radical (unpaired) electrons. The Morgan fingerprint density at radius 2 is 2.15 bits per heavy atom. The second-order valence-corrected chi connectivity index (χ2v) is 5.14. The molecule has 2 rings (SSSR count). The average molecular weight is 297 g/mol. The molecule has 0 saturated heterocycles. The van der Waals surface area contributed by atoms with Crippen molar-refractivity contribution in [3.8, 4) is 5.75 Å². The number of nitrogens with zero attached hydrogens (tertiary/aromatic N) is 1. The Balaban J connectivity index is 2.04. The number of primary amides is 1.